The van der Waals surface area contributed by atoms with Crippen molar-refractivity contribution in [2.24, 2.45) is 11.5 Å². The number of nitrogens with two attached hydrogens (primary N) is 2. The van der Waals surface area contributed by atoms with Crippen LogP contribution in [0.5, 0.6) is 23.0 Å². The average molecular weight is 697 g/mol. The molecule has 0 bridgehead atoms. The molecular weight excluding hydrogens is 669 g/mol. The molecule has 6 aromatic rings. The minimum absolute atomic E-state index is 0.148. The topological polar surface area (TPSA) is 171 Å². The third kappa shape index (κ3) is 11.0. The number of pyridine rings is 2. The van der Waals surface area contributed by atoms with Crippen LogP contribution in [0.4, 0.5) is 8.78 Å². The van der Waals surface area contributed by atoms with Crippen LogP contribution in [0.2, 0.25) is 5.15 Å². The van der Waals surface area contributed by atoms with Crippen molar-refractivity contribution in [2.45, 2.75) is 0 Å². The molecule has 0 fully saturated rings. The Balaban J connectivity index is 0.000000182. The zero-order valence-electron chi connectivity index (χ0n) is 26.0. The molecule has 50 heavy (non-hydrogen) atoms. The highest BCUT2D eigenvalue weighted by Gasteiger charge is 2.12. The molecule has 2 amide bonds. The first-order chi connectivity index (χ1) is 24.0. The summed E-state index contributed by atoms with van der Waals surface area (Å²) in [5.74, 6) is 0.465. The predicted molar refractivity (Wildman–Crippen MR) is 185 cm³/mol. The number of nitrogens with zero attached hydrogens (tertiary/aromatic N) is 2. The molecule has 0 aliphatic rings. The van der Waals surface area contributed by atoms with Gasteiger partial charge in [0.2, 0.25) is 0 Å². The summed E-state index contributed by atoms with van der Waals surface area (Å²) >= 11 is 5.51. The largest absolute Gasteiger partial charge is 0.488 e. The van der Waals surface area contributed by atoms with Crippen LogP contribution in [-0.2, 0) is 0 Å². The standard InChI is InChI=1S/C18H13FN2O2.C12H10BFO3.C6H5ClN2O/c19-13-5-9-15(10-6-13)23-14-7-3-12(4-8-14)17-16(18(20)22)2-1-11-21-17;14-10-3-7-12(8-4-10)17-11-5-1-9(2-6-11)13(15)16;7-5-4(6(8)10)2-1-3-9-5/h1-11H,(H2,20,22);1-8,15-16H;1-3H,(H2,8,10). The van der Waals surface area contributed by atoms with Gasteiger partial charge in [0.15, 0.2) is 0 Å². The fraction of sp³-hybridized carbons (Fsp3) is 0. The van der Waals surface area contributed by atoms with E-state index in [2.05, 4.69) is 9.97 Å². The van der Waals surface area contributed by atoms with Gasteiger partial charge in [-0.1, -0.05) is 23.7 Å². The first-order valence-electron chi connectivity index (χ1n) is 14.6. The monoisotopic (exact) mass is 696 g/mol. The number of hydrogen-bond acceptors (Lipinski definition) is 8. The molecule has 2 heterocycles. The maximum atomic E-state index is 12.9. The summed E-state index contributed by atoms with van der Waals surface area (Å²) in [7, 11) is -1.49. The van der Waals surface area contributed by atoms with Gasteiger partial charge in [-0.15, -0.1) is 0 Å². The normalized spacial score (nSPS) is 10.0. The van der Waals surface area contributed by atoms with E-state index in [0.717, 1.165) is 5.56 Å². The van der Waals surface area contributed by atoms with Crippen LogP contribution in [0, 0.1) is 11.6 Å². The van der Waals surface area contributed by atoms with Gasteiger partial charge in [-0.2, -0.15) is 0 Å². The SMILES string of the molecule is NC(=O)c1cccnc1-c1ccc(Oc2ccc(F)cc2)cc1.NC(=O)c1cccnc1Cl.OB(O)c1ccc(Oc2ccc(F)cc2)cc1. The zero-order chi connectivity index (χ0) is 36.0. The molecular formula is C36H28BClF2N4O6. The molecule has 0 saturated carbocycles. The molecule has 0 unspecified atom stereocenters. The van der Waals surface area contributed by atoms with E-state index in [1.165, 1.54) is 48.7 Å². The molecule has 0 aliphatic heterocycles. The molecule has 6 rings (SSSR count). The lowest BCUT2D eigenvalue weighted by molar-refractivity contribution is 0.0992. The number of aromatic nitrogens is 2. The molecule has 2 aromatic heterocycles. The number of benzene rings is 4. The van der Waals surface area contributed by atoms with E-state index in [-0.39, 0.29) is 22.4 Å². The van der Waals surface area contributed by atoms with Gasteiger partial charge in [-0.3, -0.25) is 14.6 Å². The number of rotatable bonds is 8. The second kappa shape index (κ2) is 17.8. The van der Waals surface area contributed by atoms with Crippen molar-refractivity contribution < 1.29 is 37.9 Å². The van der Waals surface area contributed by atoms with E-state index in [4.69, 9.17) is 42.6 Å². The molecule has 6 N–H and O–H groups in total. The maximum Gasteiger partial charge on any atom is 0.488 e. The number of carbonyl (C=O) groups is 2. The van der Waals surface area contributed by atoms with Gasteiger partial charge >= 0.3 is 7.12 Å². The van der Waals surface area contributed by atoms with Crippen LogP contribution in [0.25, 0.3) is 11.3 Å². The van der Waals surface area contributed by atoms with Crippen LogP contribution in [0.1, 0.15) is 20.7 Å². The van der Waals surface area contributed by atoms with Gasteiger partial charge in [-0.05, 0) is 115 Å². The van der Waals surface area contributed by atoms with Crippen molar-refractivity contribution in [1.29, 1.82) is 0 Å². The lowest BCUT2D eigenvalue weighted by atomic mass is 9.80. The number of carbonyl (C=O) groups excluding carboxylic acids is 2. The molecule has 0 radical (unpaired) electrons. The highest BCUT2D eigenvalue weighted by Crippen LogP contribution is 2.27. The fourth-order valence-electron chi connectivity index (χ4n) is 4.07. The maximum absolute atomic E-state index is 12.9. The summed E-state index contributed by atoms with van der Waals surface area (Å²) in [6.07, 6.45) is 3.10. The summed E-state index contributed by atoms with van der Waals surface area (Å²) in [5.41, 5.74) is 12.6. The average Bonchev–Trinajstić information content (AvgIpc) is 3.11. The van der Waals surface area contributed by atoms with Gasteiger partial charge in [0.1, 0.15) is 39.8 Å². The van der Waals surface area contributed by atoms with Crippen molar-refractivity contribution in [3.8, 4) is 34.3 Å². The summed E-state index contributed by atoms with van der Waals surface area (Å²) in [5, 5.41) is 18.0. The second-order valence-corrected chi connectivity index (χ2v) is 10.4. The van der Waals surface area contributed by atoms with Crippen molar-refractivity contribution in [1.82, 2.24) is 9.97 Å². The van der Waals surface area contributed by atoms with E-state index in [1.807, 2.05) is 0 Å². The molecule has 252 valence electrons. The molecule has 0 spiro atoms. The Morgan fingerprint density at radius 3 is 1.40 bits per heavy atom. The first kappa shape index (κ1) is 36.7. The number of primary amides is 2. The number of amides is 2. The Morgan fingerprint density at radius 1 is 0.600 bits per heavy atom. The van der Waals surface area contributed by atoms with Crippen LogP contribution >= 0.6 is 11.6 Å². The minimum atomic E-state index is -1.49. The van der Waals surface area contributed by atoms with Crippen molar-refractivity contribution in [3.63, 3.8) is 0 Å². The van der Waals surface area contributed by atoms with Gasteiger partial charge < -0.3 is 31.0 Å². The van der Waals surface area contributed by atoms with E-state index in [0.29, 0.717) is 39.7 Å². The van der Waals surface area contributed by atoms with Crippen molar-refractivity contribution in [2.75, 3.05) is 0 Å². The van der Waals surface area contributed by atoms with Crippen molar-refractivity contribution in [3.05, 3.63) is 162 Å². The Labute approximate surface area is 290 Å². The number of halogens is 3. The Morgan fingerprint density at radius 2 is 1.00 bits per heavy atom. The number of ether oxygens (including phenoxy) is 2. The first-order valence-corrected chi connectivity index (χ1v) is 15.0. The van der Waals surface area contributed by atoms with E-state index >= 15 is 0 Å². The third-order valence-electron chi connectivity index (χ3n) is 6.50. The second-order valence-electron chi connectivity index (χ2n) is 10.0. The summed E-state index contributed by atoms with van der Waals surface area (Å²) in [6.45, 7) is 0. The van der Waals surface area contributed by atoms with Crippen LogP contribution < -0.4 is 26.4 Å². The lowest BCUT2D eigenvalue weighted by Crippen LogP contribution is -2.29. The van der Waals surface area contributed by atoms with Gasteiger partial charge in [0.25, 0.3) is 11.8 Å². The van der Waals surface area contributed by atoms with Gasteiger partial charge in [0, 0.05) is 18.0 Å². The van der Waals surface area contributed by atoms with Crippen molar-refractivity contribution >= 4 is 36.0 Å². The predicted octanol–water partition coefficient (Wildman–Crippen LogP) is 5.91. The van der Waals surface area contributed by atoms with Crippen LogP contribution in [0.3, 0.4) is 0 Å². The van der Waals surface area contributed by atoms with E-state index < -0.39 is 18.9 Å². The summed E-state index contributed by atoms with van der Waals surface area (Å²) < 4.78 is 36.6. The van der Waals surface area contributed by atoms with Crippen LogP contribution in [-0.4, -0.2) is 38.9 Å². The minimum Gasteiger partial charge on any atom is -0.457 e. The highest BCUT2D eigenvalue weighted by atomic mass is 35.5. The summed E-state index contributed by atoms with van der Waals surface area (Å²) in [6, 6.07) is 31.2. The van der Waals surface area contributed by atoms with Gasteiger partial charge in [-0.25, -0.2) is 13.8 Å². The quantitative estimate of drug-likeness (QED) is 0.112. The van der Waals surface area contributed by atoms with E-state index in [1.54, 1.807) is 85.1 Å². The zero-order valence-corrected chi connectivity index (χ0v) is 26.7. The molecule has 0 atom stereocenters. The Hall–Kier alpha value is -6.15. The smallest absolute Gasteiger partial charge is 0.457 e. The molecule has 0 saturated heterocycles. The third-order valence-corrected chi connectivity index (χ3v) is 6.80. The number of hydrogen-bond donors (Lipinski definition) is 4. The highest BCUT2D eigenvalue weighted by molar-refractivity contribution is 6.58. The summed E-state index contributed by atoms with van der Waals surface area (Å²) in [4.78, 5) is 29.9. The lowest BCUT2D eigenvalue weighted by Gasteiger charge is -2.08. The molecule has 14 heteroatoms. The van der Waals surface area contributed by atoms with E-state index in [9.17, 15) is 18.4 Å². The Bertz CT molecular complexity index is 2020. The van der Waals surface area contributed by atoms with Crippen LogP contribution in [0.15, 0.2) is 134 Å². The molecule has 4 aromatic carbocycles. The van der Waals surface area contributed by atoms with Gasteiger partial charge in [0.05, 0.1) is 16.8 Å². The molecule has 10 nitrogen and oxygen atoms in total. The molecule has 0 aliphatic carbocycles. The Kier molecular flexibility index (Phi) is 13.1. The fourth-order valence-corrected chi connectivity index (χ4v) is 4.28.